The Labute approximate surface area is 128 Å². The first kappa shape index (κ1) is 16.4. The molecule has 1 unspecified atom stereocenters. The van der Waals surface area contributed by atoms with Crippen molar-refractivity contribution in [2.24, 2.45) is 0 Å². The molecule has 2 rings (SSSR count). The van der Waals surface area contributed by atoms with Crippen molar-refractivity contribution in [3.8, 4) is 0 Å². The van der Waals surface area contributed by atoms with Crippen LogP contribution in [-0.2, 0) is 14.3 Å². The fourth-order valence-electron chi connectivity index (χ4n) is 2.22. The minimum absolute atomic E-state index is 0.108. The lowest BCUT2D eigenvalue weighted by atomic mass is 10.2. The van der Waals surface area contributed by atoms with E-state index in [1.807, 2.05) is 4.90 Å². The van der Waals surface area contributed by atoms with Gasteiger partial charge >= 0.3 is 0 Å². The van der Waals surface area contributed by atoms with Crippen LogP contribution in [0.3, 0.4) is 0 Å². The molecule has 1 aliphatic rings. The Bertz CT molecular complexity index is 533. The van der Waals surface area contributed by atoms with Crippen molar-refractivity contribution < 1.29 is 18.7 Å². The zero-order valence-corrected chi connectivity index (χ0v) is 12.7. The molecule has 0 spiro atoms. The van der Waals surface area contributed by atoms with E-state index in [1.165, 1.54) is 29.2 Å². The normalized spacial score (nSPS) is 18.8. The summed E-state index contributed by atoms with van der Waals surface area (Å²) in [4.78, 5) is 27.2. The lowest BCUT2D eigenvalue weighted by molar-refractivity contribution is -0.147. The van der Waals surface area contributed by atoms with E-state index in [2.05, 4.69) is 5.32 Å². The quantitative estimate of drug-likeness (QED) is 0.882. The third kappa shape index (κ3) is 4.51. The third-order valence-corrected chi connectivity index (χ3v) is 3.36. The van der Waals surface area contributed by atoms with Crippen LogP contribution < -0.4 is 5.32 Å². The van der Waals surface area contributed by atoms with Crippen LogP contribution in [-0.4, -0.2) is 68.1 Å². The van der Waals surface area contributed by atoms with Crippen LogP contribution in [0.5, 0.6) is 0 Å². The Morgan fingerprint density at radius 3 is 2.68 bits per heavy atom. The number of hydrogen-bond acceptors (Lipinski definition) is 4. The van der Waals surface area contributed by atoms with Crippen molar-refractivity contribution >= 4 is 17.5 Å². The molecule has 120 valence electrons. The number of carbonyl (C=O) groups excluding carboxylic acids is 2. The van der Waals surface area contributed by atoms with E-state index in [0.29, 0.717) is 25.4 Å². The monoisotopic (exact) mass is 309 g/mol. The Morgan fingerprint density at radius 1 is 1.36 bits per heavy atom. The van der Waals surface area contributed by atoms with Gasteiger partial charge in [-0.25, -0.2) is 4.39 Å². The molecule has 7 heteroatoms. The molecule has 1 N–H and O–H groups in total. The molecular weight excluding hydrogens is 289 g/mol. The van der Waals surface area contributed by atoms with Crippen molar-refractivity contribution in [3.63, 3.8) is 0 Å². The highest BCUT2D eigenvalue weighted by Gasteiger charge is 2.28. The molecule has 2 amide bonds. The summed E-state index contributed by atoms with van der Waals surface area (Å²) in [5.41, 5.74) is 0.542. The Morgan fingerprint density at radius 2 is 2.05 bits per heavy atom. The highest BCUT2D eigenvalue weighted by atomic mass is 19.1. The second kappa shape index (κ2) is 7.33. The fourth-order valence-corrected chi connectivity index (χ4v) is 2.22. The van der Waals surface area contributed by atoms with E-state index < -0.39 is 6.10 Å². The number of morpholine rings is 1. The van der Waals surface area contributed by atoms with Crippen LogP contribution in [0.1, 0.15) is 0 Å². The van der Waals surface area contributed by atoms with Crippen LogP contribution in [0.2, 0.25) is 0 Å². The molecule has 0 aromatic heterocycles. The third-order valence-electron chi connectivity index (χ3n) is 3.36. The fraction of sp³-hybridized carbons (Fsp3) is 0.467. The van der Waals surface area contributed by atoms with E-state index in [0.717, 1.165) is 0 Å². The summed E-state index contributed by atoms with van der Waals surface area (Å²) in [5.74, 6) is -0.663. The van der Waals surface area contributed by atoms with Crippen LogP contribution in [0.4, 0.5) is 10.1 Å². The van der Waals surface area contributed by atoms with Crippen molar-refractivity contribution in [1.29, 1.82) is 0 Å². The molecule has 0 bridgehead atoms. The molecule has 1 saturated heterocycles. The Hall–Kier alpha value is -1.99. The molecular formula is C15H20FN3O3. The largest absolute Gasteiger partial charge is 0.366 e. The molecule has 1 aliphatic heterocycles. The Kier molecular flexibility index (Phi) is 5.46. The smallest absolute Gasteiger partial charge is 0.252 e. The van der Waals surface area contributed by atoms with E-state index in [-0.39, 0.29) is 24.2 Å². The summed E-state index contributed by atoms with van der Waals surface area (Å²) in [6, 6.07) is 5.59. The zero-order chi connectivity index (χ0) is 16.1. The number of likely N-dealkylation sites (N-methyl/N-ethyl adjacent to an activating group) is 1. The molecule has 6 nitrogen and oxygen atoms in total. The van der Waals surface area contributed by atoms with Crippen LogP contribution in [0.15, 0.2) is 24.3 Å². The van der Waals surface area contributed by atoms with Crippen LogP contribution in [0.25, 0.3) is 0 Å². The second-order valence-corrected chi connectivity index (χ2v) is 5.38. The van der Waals surface area contributed by atoms with Crippen molar-refractivity contribution in [2.45, 2.75) is 6.10 Å². The highest BCUT2D eigenvalue weighted by Crippen LogP contribution is 2.10. The molecule has 22 heavy (non-hydrogen) atoms. The standard InChI is InChI=1S/C15H20FN3O3/c1-18(2)15(21)13-9-19(7-8-22-13)10-14(20)17-12-5-3-11(16)4-6-12/h3-6,13H,7-10H2,1-2H3,(H,17,20). The van der Waals surface area contributed by atoms with Crippen molar-refractivity contribution in [3.05, 3.63) is 30.1 Å². The van der Waals surface area contributed by atoms with Gasteiger partial charge in [0.25, 0.3) is 5.91 Å². The first-order valence-electron chi connectivity index (χ1n) is 7.06. The summed E-state index contributed by atoms with van der Waals surface area (Å²) in [6.45, 7) is 1.55. The molecule has 0 saturated carbocycles. The predicted molar refractivity (Wildman–Crippen MR) is 79.9 cm³/mol. The van der Waals surface area contributed by atoms with Gasteiger partial charge in [0.2, 0.25) is 5.91 Å². The van der Waals surface area contributed by atoms with Gasteiger partial charge in [-0.3, -0.25) is 14.5 Å². The number of hydrogen-bond donors (Lipinski definition) is 1. The number of nitrogens with one attached hydrogen (secondary N) is 1. The van der Waals surface area contributed by atoms with Gasteiger partial charge in [-0.2, -0.15) is 0 Å². The van der Waals surface area contributed by atoms with Gasteiger partial charge in [0.1, 0.15) is 11.9 Å². The van der Waals surface area contributed by atoms with E-state index in [9.17, 15) is 14.0 Å². The number of nitrogens with zero attached hydrogens (tertiary/aromatic N) is 2. The summed E-state index contributed by atoms with van der Waals surface area (Å²) in [6.07, 6.45) is -0.539. The summed E-state index contributed by atoms with van der Waals surface area (Å²) in [5, 5.41) is 2.70. The maximum absolute atomic E-state index is 12.8. The average Bonchev–Trinajstić information content (AvgIpc) is 2.49. The minimum Gasteiger partial charge on any atom is -0.366 e. The topological polar surface area (TPSA) is 61.9 Å². The SMILES string of the molecule is CN(C)C(=O)C1CN(CC(=O)Nc2ccc(F)cc2)CCO1. The number of amides is 2. The number of anilines is 1. The van der Waals surface area contributed by atoms with Crippen molar-refractivity contribution in [1.82, 2.24) is 9.80 Å². The van der Waals surface area contributed by atoms with E-state index >= 15 is 0 Å². The number of rotatable bonds is 4. The maximum Gasteiger partial charge on any atom is 0.252 e. The van der Waals surface area contributed by atoms with E-state index in [4.69, 9.17) is 4.74 Å². The van der Waals surface area contributed by atoms with Crippen LogP contribution in [0, 0.1) is 5.82 Å². The highest BCUT2D eigenvalue weighted by molar-refractivity contribution is 5.92. The van der Waals surface area contributed by atoms with E-state index in [1.54, 1.807) is 14.1 Å². The lowest BCUT2D eigenvalue weighted by Gasteiger charge is -2.32. The molecule has 1 aromatic rings. The molecule has 1 heterocycles. The summed E-state index contributed by atoms with van der Waals surface area (Å²) >= 11 is 0. The van der Waals surface area contributed by atoms with Gasteiger partial charge in [-0.05, 0) is 24.3 Å². The summed E-state index contributed by atoms with van der Waals surface area (Å²) < 4.78 is 18.2. The molecule has 1 atom stereocenters. The lowest BCUT2D eigenvalue weighted by Crippen LogP contribution is -2.51. The average molecular weight is 309 g/mol. The van der Waals surface area contributed by atoms with Gasteiger partial charge in [0.05, 0.1) is 13.2 Å². The minimum atomic E-state index is -0.539. The predicted octanol–water partition coefficient (Wildman–Crippen LogP) is 0.553. The molecule has 0 radical (unpaired) electrons. The van der Waals surface area contributed by atoms with Crippen molar-refractivity contribution in [2.75, 3.05) is 45.7 Å². The van der Waals surface area contributed by atoms with Gasteiger partial charge in [-0.15, -0.1) is 0 Å². The summed E-state index contributed by atoms with van der Waals surface area (Å²) in [7, 11) is 3.35. The van der Waals surface area contributed by atoms with Gasteiger partial charge in [0, 0.05) is 32.9 Å². The number of carbonyl (C=O) groups is 2. The molecule has 1 fully saturated rings. The Balaban J connectivity index is 1.85. The molecule has 0 aliphatic carbocycles. The van der Waals surface area contributed by atoms with Gasteiger partial charge in [0.15, 0.2) is 0 Å². The first-order valence-corrected chi connectivity index (χ1v) is 7.06. The number of ether oxygens (including phenoxy) is 1. The maximum atomic E-state index is 12.8. The van der Waals surface area contributed by atoms with Gasteiger partial charge < -0.3 is 15.0 Å². The second-order valence-electron chi connectivity index (χ2n) is 5.38. The van der Waals surface area contributed by atoms with Crippen LogP contribution >= 0.6 is 0 Å². The number of halogens is 1. The molecule has 1 aromatic carbocycles. The number of benzene rings is 1. The van der Waals surface area contributed by atoms with Gasteiger partial charge in [-0.1, -0.05) is 0 Å². The zero-order valence-electron chi connectivity index (χ0n) is 12.7. The first-order chi connectivity index (χ1) is 10.5.